The van der Waals surface area contributed by atoms with Gasteiger partial charge in [-0.25, -0.2) is 4.79 Å². The Bertz CT molecular complexity index is 824. The van der Waals surface area contributed by atoms with Crippen LogP contribution >= 0.6 is 0 Å². The molecule has 0 unspecified atom stereocenters. The van der Waals surface area contributed by atoms with Crippen molar-refractivity contribution in [3.8, 4) is 0 Å². The van der Waals surface area contributed by atoms with Crippen molar-refractivity contribution >= 4 is 11.9 Å². The Labute approximate surface area is 177 Å². The summed E-state index contributed by atoms with van der Waals surface area (Å²) in [6.45, 7) is 8.60. The van der Waals surface area contributed by atoms with Gasteiger partial charge in [-0.1, -0.05) is 35.5 Å². The number of amides is 3. The molecule has 8 heteroatoms. The molecule has 30 heavy (non-hydrogen) atoms. The lowest BCUT2D eigenvalue weighted by Crippen LogP contribution is -2.49. The van der Waals surface area contributed by atoms with Gasteiger partial charge in [0.25, 0.3) is 0 Å². The Morgan fingerprint density at radius 3 is 2.47 bits per heavy atom. The molecule has 1 N–H and O–H groups in total. The van der Waals surface area contributed by atoms with Gasteiger partial charge in [0.05, 0.1) is 5.69 Å². The summed E-state index contributed by atoms with van der Waals surface area (Å²) in [7, 11) is 1.75. The maximum absolute atomic E-state index is 12.5. The second-order valence-electron chi connectivity index (χ2n) is 7.78. The van der Waals surface area contributed by atoms with Crippen molar-refractivity contribution < 1.29 is 14.1 Å². The van der Waals surface area contributed by atoms with E-state index in [-0.39, 0.29) is 11.9 Å². The van der Waals surface area contributed by atoms with E-state index in [9.17, 15) is 9.59 Å². The van der Waals surface area contributed by atoms with Gasteiger partial charge in [-0.05, 0) is 19.4 Å². The first-order valence-electron chi connectivity index (χ1n) is 10.4. The third-order valence-electron chi connectivity index (χ3n) is 5.51. The first-order valence-corrected chi connectivity index (χ1v) is 10.4. The minimum atomic E-state index is -0.170. The molecule has 1 fully saturated rings. The second kappa shape index (κ2) is 10.2. The summed E-state index contributed by atoms with van der Waals surface area (Å²) >= 11 is 0. The molecule has 3 rings (SSSR count). The molecular weight excluding hydrogens is 382 g/mol. The van der Waals surface area contributed by atoms with E-state index in [0.29, 0.717) is 32.6 Å². The van der Waals surface area contributed by atoms with E-state index in [2.05, 4.69) is 15.4 Å². The molecule has 1 aliphatic heterocycles. The number of hydrogen-bond donors (Lipinski definition) is 1. The molecule has 8 nitrogen and oxygen atoms in total. The second-order valence-corrected chi connectivity index (χ2v) is 7.78. The third-order valence-corrected chi connectivity index (χ3v) is 5.51. The number of aromatic nitrogens is 1. The minimum Gasteiger partial charge on any atom is -0.361 e. The number of urea groups is 1. The standard InChI is InChI=1S/C22H31N5O3/c1-17-20(18(2)30-24-17)16-26-11-13-27(14-12-26)21(28)9-10-23-22(29)25(3)15-19-7-5-4-6-8-19/h4-8H,9-16H2,1-3H3,(H,23,29). The third kappa shape index (κ3) is 5.82. The summed E-state index contributed by atoms with van der Waals surface area (Å²) in [5, 5.41) is 6.84. The van der Waals surface area contributed by atoms with Gasteiger partial charge in [-0.2, -0.15) is 0 Å². The number of nitrogens with one attached hydrogen (secondary N) is 1. The fraction of sp³-hybridized carbons (Fsp3) is 0.500. The highest BCUT2D eigenvalue weighted by Crippen LogP contribution is 2.16. The maximum Gasteiger partial charge on any atom is 0.317 e. The number of hydrogen-bond acceptors (Lipinski definition) is 5. The SMILES string of the molecule is Cc1noc(C)c1CN1CCN(C(=O)CCNC(=O)N(C)Cc2ccccc2)CC1. The lowest BCUT2D eigenvalue weighted by atomic mass is 10.1. The highest BCUT2D eigenvalue weighted by atomic mass is 16.5. The van der Waals surface area contributed by atoms with Crippen LogP contribution in [0.3, 0.4) is 0 Å². The van der Waals surface area contributed by atoms with E-state index in [0.717, 1.165) is 42.2 Å². The van der Waals surface area contributed by atoms with E-state index >= 15 is 0 Å². The minimum absolute atomic E-state index is 0.0815. The molecule has 3 amide bonds. The molecule has 0 spiro atoms. The van der Waals surface area contributed by atoms with E-state index in [1.54, 1.807) is 11.9 Å². The van der Waals surface area contributed by atoms with Gasteiger partial charge in [0.15, 0.2) is 0 Å². The van der Waals surface area contributed by atoms with E-state index in [1.165, 1.54) is 0 Å². The number of nitrogens with zero attached hydrogens (tertiary/aromatic N) is 4. The molecule has 0 bridgehead atoms. The summed E-state index contributed by atoms with van der Waals surface area (Å²) in [6, 6.07) is 9.65. The number of rotatable bonds is 7. The average molecular weight is 414 g/mol. The van der Waals surface area contributed by atoms with Crippen molar-refractivity contribution in [3.63, 3.8) is 0 Å². The van der Waals surface area contributed by atoms with Gasteiger partial charge in [-0.15, -0.1) is 0 Å². The van der Waals surface area contributed by atoms with Gasteiger partial charge >= 0.3 is 6.03 Å². The smallest absolute Gasteiger partial charge is 0.317 e. The van der Waals surface area contributed by atoms with Crippen LogP contribution in [0.4, 0.5) is 4.79 Å². The Morgan fingerprint density at radius 2 is 1.83 bits per heavy atom. The molecular formula is C22H31N5O3. The van der Waals surface area contributed by atoms with Crippen LogP contribution in [0.15, 0.2) is 34.9 Å². The summed E-state index contributed by atoms with van der Waals surface area (Å²) in [5.41, 5.74) is 3.14. The van der Waals surface area contributed by atoms with Crippen molar-refractivity contribution in [2.24, 2.45) is 0 Å². The zero-order chi connectivity index (χ0) is 21.5. The maximum atomic E-state index is 12.5. The van der Waals surface area contributed by atoms with Crippen molar-refractivity contribution in [1.82, 2.24) is 25.2 Å². The number of benzene rings is 1. The van der Waals surface area contributed by atoms with Gasteiger partial charge in [-0.3, -0.25) is 9.69 Å². The monoisotopic (exact) mass is 413 g/mol. The molecule has 0 atom stereocenters. The van der Waals surface area contributed by atoms with E-state index in [4.69, 9.17) is 4.52 Å². The average Bonchev–Trinajstić information content (AvgIpc) is 3.06. The van der Waals surface area contributed by atoms with Crippen LogP contribution in [0.25, 0.3) is 0 Å². The summed E-state index contributed by atoms with van der Waals surface area (Å²) in [6.07, 6.45) is 0.314. The Balaban J connectivity index is 1.35. The molecule has 0 radical (unpaired) electrons. The quantitative estimate of drug-likeness (QED) is 0.752. The zero-order valence-electron chi connectivity index (χ0n) is 18.1. The van der Waals surface area contributed by atoms with Crippen LogP contribution in [0.5, 0.6) is 0 Å². The summed E-state index contributed by atoms with van der Waals surface area (Å²) < 4.78 is 5.23. The van der Waals surface area contributed by atoms with E-state index < -0.39 is 0 Å². The molecule has 0 saturated carbocycles. The molecule has 1 aromatic carbocycles. The Hall–Kier alpha value is -2.87. The summed E-state index contributed by atoms with van der Waals surface area (Å²) in [5.74, 6) is 0.942. The highest BCUT2D eigenvalue weighted by molar-refractivity contribution is 5.78. The van der Waals surface area contributed by atoms with Gasteiger partial charge < -0.3 is 19.6 Å². The number of carbonyl (C=O) groups excluding carboxylic acids is 2. The van der Waals surface area contributed by atoms with Crippen LogP contribution in [0, 0.1) is 13.8 Å². The van der Waals surface area contributed by atoms with Gasteiger partial charge in [0, 0.05) is 64.8 Å². The zero-order valence-corrected chi connectivity index (χ0v) is 18.1. The van der Waals surface area contributed by atoms with Crippen LogP contribution in [0.2, 0.25) is 0 Å². The lowest BCUT2D eigenvalue weighted by Gasteiger charge is -2.34. The van der Waals surface area contributed by atoms with Gasteiger partial charge in [0.2, 0.25) is 5.91 Å². The number of piperazine rings is 1. The predicted molar refractivity (Wildman–Crippen MR) is 114 cm³/mol. The first kappa shape index (κ1) is 21.8. The van der Waals surface area contributed by atoms with Crippen LogP contribution in [-0.2, 0) is 17.9 Å². The molecule has 1 saturated heterocycles. The first-order chi connectivity index (χ1) is 14.4. The fourth-order valence-electron chi connectivity index (χ4n) is 3.61. The predicted octanol–water partition coefficient (Wildman–Crippen LogP) is 2.17. The fourth-order valence-corrected chi connectivity index (χ4v) is 3.61. The molecule has 1 aliphatic rings. The van der Waals surface area contributed by atoms with Crippen molar-refractivity contribution in [2.45, 2.75) is 33.4 Å². The van der Waals surface area contributed by atoms with Crippen LogP contribution in [0.1, 0.15) is 29.0 Å². The van der Waals surface area contributed by atoms with Crippen molar-refractivity contribution in [2.75, 3.05) is 39.8 Å². The van der Waals surface area contributed by atoms with E-state index in [1.807, 2.05) is 49.1 Å². The largest absolute Gasteiger partial charge is 0.361 e. The Kier molecular flexibility index (Phi) is 7.46. The van der Waals surface area contributed by atoms with Crippen LogP contribution in [-0.4, -0.2) is 71.6 Å². The summed E-state index contributed by atoms with van der Waals surface area (Å²) in [4.78, 5) is 30.5. The highest BCUT2D eigenvalue weighted by Gasteiger charge is 2.22. The lowest BCUT2D eigenvalue weighted by molar-refractivity contribution is -0.132. The molecule has 0 aliphatic carbocycles. The van der Waals surface area contributed by atoms with Crippen LogP contribution < -0.4 is 5.32 Å². The van der Waals surface area contributed by atoms with Crippen molar-refractivity contribution in [1.29, 1.82) is 0 Å². The molecule has 2 aromatic rings. The van der Waals surface area contributed by atoms with Crippen molar-refractivity contribution in [3.05, 3.63) is 52.9 Å². The normalized spacial score (nSPS) is 14.6. The topological polar surface area (TPSA) is 81.9 Å². The van der Waals surface area contributed by atoms with Gasteiger partial charge in [0.1, 0.15) is 5.76 Å². The number of carbonyl (C=O) groups is 2. The molecule has 2 heterocycles. The number of aryl methyl sites for hydroxylation is 2. The molecule has 162 valence electrons. The molecule has 1 aromatic heterocycles. The Morgan fingerprint density at radius 1 is 1.13 bits per heavy atom.